The molecular formula is C6H6Cl2NV. The molecule has 0 bridgehead atoms. The fourth-order valence-electron chi connectivity index (χ4n) is 0.610. The van der Waals surface area contributed by atoms with Crippen LogP contribution in [0, 0.1) is 0 Å². The first-order valence-corrected chi connectivity index (χ1v) is 7.26. The molecule has 0 aliphatic carbocycles. The van der Waals surface area contributed by atoms with Crippen molar-refractivity contribution in [2.45, 2.75) is 0 Å². The molecule has 1 aromatic rings. The molecule has 0 heterocycles. The van der Waals surface area contributed by atoms with E-state index in [1.54, 1.807) is 0 Å². The first-order chi connectivity index (χ1) is 4.79. The van der Waals surface area contributed by atoms with E-state index < -0.39 is 13.5 Å². The van der Waals surface area contributed by atoms with Crippen LogP contribution in [0.3, 0.4) is 0 Å². The molecule has 1 nitrogen and oxygen atoms in total. The van der Waals surface area contributed by atoms with E-state index in [0.29, 0.717) is 0 Å². The number of nitrogens with one attached hydrogen (secondary N) is 1. The third-order valence-electron chi connectivity index (χ3n) is 0.987. The van der Waals surface area contributed by atoms with E-state index in [4.69, 9.17) is 19.7 Å². The summed E-state index contributed by atoms with van der Waals surface area (Å²) in [6.45, 7) is 0. The number of anilines is 1. The summed E-state index contributed by atoms with van der Waals surface area (Å²) < 4.78 is 2.98. The summed E-state index contributed by atoms with van der Waals surface area (Å²) in [5, 5.41) is 0. The number of benzene rings is 1. The van der Waals surface area contributed by atoms with Crippen LogP contribution in [0.15, 0.2) is 30.3 Å². The predicted molar refractivity (Wildman–Crippen MR) is 41.8 cm³/mol. The van der Waals surface area contributed by atoms with Crippen molar-refractivity contribution in [2.75, 3.05) is 4.17 Å². The van der Waals surface area contributed by atoms with Crippen LogP contribution in [-0.2, 0) is 13.5 Å². The number of hydrogen-bond donors (Lipinski definition) is 1. The van der Waals surface area contributed by atoms with E-state index in [0.717, 1.165) is 5.69 Å². The Labute approximate surface area is 73.3 Å². The first kappa shape index (κ1) is 8.28. The van der Waals surface area contributed by atoms with E-state index in [2.05, 4.69) is 4.17 Å². The van der Waals surface area contributed by atoms with Crippen LogP contribution < -0.4 is 4.17 Å². The van der Waals surface area contributed by atoms with Gasteiger partial charge in [-0.15, -0.1) is 0 Å². The summed E-state index contributed by atoms with van der Waals surface area (Å²) in [5.74, 6) is 0. The molecule has 0 aliphatic rings. The molecule has 0 saturated heterocycles. The summed E-state index contributed by atoms with van der Waals surface area (Å²) in [5.41, 5.74) is 0.993. The van der Waals surface area contributed by atoms with Gasteiger partial charge in [-0.25, -0.2) is 0 Å². The van der Waals surface area contributed by atoms with Gasteiger partial charge >= 0.3 is 73.4 Å². The molecule has 54 valence electrons. The van der Waals surface area contributed by atoms with Crippen molar-refractivity contribution in [3.63, 3.8) is 0 Å². The second-order valence-electron chi connectivity index (χ2n) is 1.71. The van der Waals surface area contributed by atoms with Crippen molar-refractivity contribution in [3.05, 3.63) is 30.3 Å². The summed E-state index contributed by atoms with van der Waals surface area (Å²) in [6, 6.07) is 9.70. The van der Waals surface area contributed by atoms with Gasteiger partial charge in [-0.1, -0.05) is 0 Å². The quantitative estimate of drug-likeness (QED) is 0.797. The Balaban J connectivity index is 2.59. The van der Waals surface area contributed by atoms with Gasteiger partial charge in [0.25, 0.3) is 0 Å². The first-order valence-electron chi connectivity index (χ1n) is 2.72. The molecule has 10 heavy (non-hydrogen) atoms. The van der Waals surface area contributed by atoms with Crippen LogP contribution in [0.2, 0.25) is 0 Å². The van der Waals surface area contributed by atoms with Crippen LogP contribution in [0.5, 0.6) is 0 Å². The SMILES string of the molecule is [Cl][V]([Cl])[NH]c1ccccc1. The van der Waals surface area contributed by atoms with Crippen molar-refractivity contribution < 1.29 is 13.5 Å². The fraction of sp³-hybridized carbons (Fsp3) is 0. The summed E-state index contributed by atoms with van der Waals surface area (Å²) in [4.78, 5) is 0. The van der Waals surface area contributed by atoms with Crippen LogP contribution in [0.1, 0.15) is 0 Å². The number of rotatable bonds is 2. The van der Waals surface area contributed by atoms with Gasteiger partial charge in [0.2, 0.25) is 0 Å². The van der Waals surface area contributed by atoms with E-state index in [1.165, 1.54) is 0 Å². The van der Waals surface area contributed by atoms with Crippen LogP contribution in [0.4, 0.5) is 5.69 Å². The third-order valence-corrected chi connectivity index (χ3v) is 2.35. The van der Waals surface area contributed by atoms with Gasteiger partial charge < -0.3 is 0 Å². The fourth-order valence-corrected chi connectivity index (χ4v) is 1.95. The van der Waals surface area contributed by atoms with Gasteiger partial charge in [0.05, 0.1) is 0 Å². The number of hydrogen-bond acceptors (Lipinski definition) is 1. The standard InChI is InChI=1S/C6H6N.2ClH.V/c7-6-4-2-1-3-5-6;;;/h1-5,7H;2*1H;/q-1;;;+3/p-2. The minimum atomic E-state index is -1.76. The van der Waals surface area contributed by atoms with E-state index in [-0.39, 0.29) is 0 Å². The maximum absolute atomic E-state index is 5.61. The Morgan fingerprint density at radius 3 is 2.20 bits per heavy atom. The van der Waals surface area contributed by atoms with Gasteiger partial charge in [0.15, 0.2) is 0 Å². The van der Waals surface area contributed by atoms with Crippen molar-refractivity contribution in [1.29, 1.82) is 0 Å². The van der Waals surface area contributed by atoms with Crippen molar-refractivity contribution >= 4 is 25.4 Å². The molecule has 1 aromatic carbocycles. The van der Waals surface area contributed by atoms with Crippen LogP contribution in [-0.4, -0.2) is 0 Å². The summed E-state index contributed by atoms with van der Waals surface area (Å²) >= 11 is -1.76. The second-order valence-corrected chi connectivity index (χ2v) is 6.29. The summed E-state index contributed by atoms with van der Waals surface area (Å²) in [6.07, 6.45) is 0. The minimum absolute atomic E-state index is 0.993. The molecule has 0 unspecified atom stereocenters. The normalized spacial score (nSPS) is 9.90. The molecule has 1 N–H and O–H groups in total. The van der Waals surface area contributed by atoms with Crippen LogP contribution in [0.25, 0.3) is 0 Å². The monoisotopic (exact) mass is 213 g/mol. The van der Waals surface area contributed by atoms with Gasteiger partial charge in [0.1, 0.15) is 0 Å². The third kappa shape index (κ3) is 2.85. The van der Waals surface area contributed by atoms with Crippen LogP contribution >= 0.6 is 19.7 Å². The molecule has 0 amide bonds. The Morgan fingerprint density at radius 1 is 1.10 bits per heavy atom. The Bertz CT molecular complexity index is 190. The van der Waals surface area contributed by atoms with Crippen molar-refractivity contribution in [3.8, 4) is 0 Å². The molecular weight excluding hydrogens is 208 g/mol. The van der Waals surface area contributed by atoms with Gasteiger partial charge in [-0.2, -0.15) is 0 Å². The van der Waals surface area contributed by atoms with E-state index >= 15 is 0 Å². The maximum atomic E-state index is 5.61. The van der Waals surface area contributed by atoms with Gasteiger partial charge in [0, 0.05) is 0 Å². The Kier molecular flexibility index (Phi) is 3.43. The van der Waals surface area contributed by atoms with Gasteiger partial charge in [-0.3, -0.25) is 0 Å². The molecule has 4 heteroatoms. The molecule has 0 fully saturated rings. The van der Waals surface area contributed by atoms with Crippen molar-refractivity contribution in [1.82, 2.24) is 0 Å². The number of para-hydroxylation sites is 1. The van der Waals surface area contributed by atoms with Gasteiger partial charge in [-0.05, 0) is 0 Å². The van der Waals surface area contributed by atoms with E-state index in [1.807, 2.05) is 30.3 Å². The molecule has 0 spiro atoms. The molecule has 0 aromatic heterocycles. The summed E-state index contributed by atoms with van der Waals surface area (Å²) in [7, 11) is 11.2. The number of halogens is 2. The molecule has 1 rings (SSSR count). The molecule has 0 aliphatic heterocycles. The topological polar surface area (TPSA) is 12.0 Å². The second kappa shape index (κ2) is 4.14. The molecule has 0 atom stereocenters. The zero-order valence-electron chi connectivity index (χ0n) is 5.09. The zero-order chi connectivity index (χ0) is 7.40. The predicted octanol–water partition coefficient (Wildman–Crippen LogP) is 2.94. The van der Waals surface area contributed by atoms with Crippen molar-refractivity contribution in [2.24, 2.45) is 0 Å². The average molecular weight is 214 g/mol. The Hall–Kier alpha value is 0.184. The molecule has 0 radical (unpaired) electrons. The molecule has 0 saturated carbocycles. The average Bonchev–Trinajstić information content (AvgIpc) is 1.88. The Morgan fingerprint density at radius 2 is 1.70 bits per heavy atom. The van der Waals surface area contributed by atoms with E-state index in [9.17, 15) is 0 Å². The zero-order valence-corrected chi connectivity index (χ0v) is 8.00.